The zero-order valence-electron chi connectivity index (χ0n) is 22.6. The van der Waals surface area contributed by atoms with E-state index in [0.717, 1.165) is 49.8 Å². The van der Waals surface area contributed by atoms with Crippen LogP contribution in [-0.4, -0.2) is 66.3 Å². The number of nitrogens with zero attached hydrogens (tertiary/aromatic N) is 3. The maximum absolute atomic E-state index is 13.4. The van der Waals surface area contributed by atoms with Crippen LogP contribution in [0.3, 0.4) is 0 Å². The number of carbonyl (C=O) groups excluding carboxylic acids is 2. The number of benzene rings is 2. The molecular weight excluding hydrogens is 496 g/mol. The zero-order chi connectivity index (χ0) is 27.2. The first-order valence-electron chi connectivity index (χ1n) is 13.6. The lowest BCUT2D eigenvalue weighted by Gasteiger charge is -2.27. The molecule has 5 rings (SSSR count). The molecule has 206 valence electrons. The summed E-state index contributed by atoms with van der Waals surface area (Å²) >= 11 is 0. The summed E-state index contributed by atoms with van der Waals surface area (Å²) in [6.07, 6.45) is 7.61. The molecule has 1 aliphatic carbocycles. The minimum atomic E-state index is -0.300. The molecule has 2 fully saturated rings. The Morgan fingerprint density at radius 2 is 1.79 bits per heavy atom. The molecule has 9 nitrogen and oxygen atoms in total. The number of anilines is 1. The summed E-state index contributed by atoms with van der Waals surface area (Å²) in [5.41, 5.74) is 2.37. The van der Waals surface area contributed by atoms with Gasteiger partial charge in [0.2, 0.25) is 17.8 Å². The van der Waals surface area contributed by atoms with Gasteiger partial charge in [-0.25, -0.2) is 4.98 Å². The van der Waals surface area contributed by atoms with Gasteiger partial charge in [0, 0.05) is 36.9 Å². The zero-order valence-corrected chi connectivity index (χ0v) is 22.6. The number of ether oxygens (including phenoxy) is 3. The van der Waals surface area contributed by atoms with Crippen molar-refractivity contribution in [1.82, 2.24) is 14.5 Å². The average Bonchev–Trinajstić information content (AvgIpc) is 3.75. The fourth-order valence-corrected chi connectivity index (χ4v) is 5.42. The number of rotatable bonds is 10. The van der Waals surface area contributed by atoms with Crippen molar-refractivity contribution in [3.8, 4) is 28.4 Å². The Morgan fingerprint density at radius 1 is 1.03 bits per heavy atom. The molecule has 9 heteroatoms. The predicted molar refractivity (Wildman–Crippen MR) is 148 cm³/mol. The Kier molecular flexibility index (Phi) is 8.46. The molecule has 1 saturated heterocycles. The van der Waals surface area contributed by atoms with E-state index < -0.39 is 0 Å². The monoisotopic (exact) mass is 532 g/mol. The summed E-state index contributed by atoms with van der Waals surface area (Å²) < 4.78 is 18.5. The molecule has 1 aromatic heterocycles. The van der Waals surface area contributed by atoms with Crippen LogP contribution < -0.4 is 14.8 Å². The van der Waals surface area contributed by atoms with Crippen LogP contribution in [0.25, 0.3) is 16.9 Å². The van der Waals surface area contributed by atoms with Gasteiger partial charge in [0.1, 0.15) is 6.54 Å². The molecule has 0 unspecified atom stereocenters. The average molecular weight is 533 g/mol. The van der Waals surface area contributed by atoms with Crippen molar-refractivity contribution >= 4 is 17.8 Å². The summed E-state index contributed by atoms with van der Waals surface area (Å²) in [6.45, 7) is 1.09. The van der Waals surface area contributed by atoms with Gasteiger partial charge in [-0.3, -0.25) is 19.5 Å². The van der Waals surface area contributed by atoms with E-state index in [1.807, 2.05) is 59.3 Å². The molecule has 2 aromatic carbocycles. The highest BCUT2D eigenvalue weighted by molar-refractivity contribution is 5.94. The van der Waals surface area contributed by atoms with Crippen molar-refractivity contribution < 1.29 is 23.8 Å². The summed E-state index contributed by atoms with van der Waals surface area (Å²) in [4.78, 5) is 33.2. The minimum Gasteiger partial charge on any atom is -0.493 e. The van der Waals surface area contributed by atoms with Crippen LogP contribution in [0.4, 0.5) is 5.95 Å². The highest BCUT2D eigenvalue weighted by Gasteiger charge is 2.31. The maximum atomic E-state index is 13.4. The topological polar surface area (TPSA) is 94.9 Å². The Morgan fingerprint density at radius 3 is 2.49 bits per heavy atom. The van der Waals surface area contributed by atoms with E-state index >= 15 is 0 Å². The first-order valence-corrected chi connectivity index (χ1v) is 13.6. The number of carbonyl (C=O) groups is 2. The van der Waals surface area contributed by atoms with Crippen LogP contribution in [0, 0.1) is 5.92 Å². The standard InChI is InChI=1S/C30H36N4O5/c1-37-26-15-14-23(17-27(26)38-2)34-19-25(21-9-4-3-5-10-21)31-30(34)32-28(35)20-33(18-24-13-8-16-39-24)29(36)22-11-6-7-12-22/h3-5,9-10,14-15,17,19,22,24H,6-8,11-13,16,18,20H2,1-2H3,(H,31,32,35)/t24-/m1/s1. The first-order chi connectivity index (χ1) is 19.1. The fraction of sp³-hybridized carbons (Fsp3) is 0.433. The molecule has 0 spiro atoms. The highest BCUT2D eigenvalue weighted by atomic mass is 16.5. The fourth-order valence-electron chi connectivity index (χ4n) is 5.42. The molecule has 2 aliphatic rings. The van der Waals surface area contributed by atoms with Crippen LogP contribution >= 0.6 is 0 Å². The Hall–Kier alpha value is -3.85. The van der Waals surface area contributed by atoms with Crippen molar-refractivity contribution in [2.24, 2.45) is 5.92 Å². The van der Waals surface area contributed by atoms with E-state index in [9.17, 15) is 9.59 Å². The molecule has 1 aliphatic heterocycles. The van der Waals surface area contributed by atoms with Gasteiger partial charge < -0.3 is 19.1 Å². The molecule has 0 radical (unpaired) electrons. The molecule has 2 heterocycles. The third-order valence-corrected chi connectivity index (χ3v) is 7.47. The van der Waals surface area contributed by atoms with Gasteiger partial charge >= 0.3 is 0 Å². The quantitative estimate of drug-likeness (QED) is 0.407. The van der Waals surface area contributed by atoms with Crippen molar-refractivity contribution in [2.75, 3.05) is 39.2 Å². The number of hydrogen-bond acceptors (Lipinski definition) is 6. The third kappa shape index (κ3) is 6.25. The van der Waals surface area contributed by atoms with Gasteiger partial charge in [-0.2, -0.15) is 0 Å². The molecule has 3 aromatic rings. The molecule has 0 bridgehead atoms. The molecule has 1 atom stereocenters. The van der Waals surface area contributed by atoms with Gasteiger partial charge in [-0.15, -0.1) is 0 Å². The molecule has 1 N–H and O–H groups in total. The van der Waals surface area contributed by atoms with Gasteiger partial charge in [0.15, 0.2) is 11.5 Å². The largest absolute Gasteiger partial charge is 0.493 e. The SMILES string of the molecule is COc1ccc(-n2cc(-c3ccccc3)nc2NC(=O)CN(C[C@H]2CCCO2)C(=O)C2CCCC2)cc1OC. The van der Waals surface area contributed by atoms with Gasteiger partial charge in [-0.1, -0.05) is 43.2 Å². The van der Waals surface area contributed by atoms with E-state index in [1.54, 1.807) is 19.1 Å². The summed E-state index contributed by atoms with van der Waals surface area (Å²) in [5.74, 6) is 1.25. The van der Waals surface area contributed by atoms with Crippen LogP contribution in [0.15, 0.2) is 54.7 Å². The highest BCUT2D eigenvalue weighted by Crippen LogP contribution is 2.32. The lowest BCUT2D eigenvalue weighted by atomic mass is 10.1. The predicted octanol–water partition coefficient (Wildman–Crippen LogP) is 4.69. The number of aromatic nitrogens is 2. The van der Waals surface area contributed by atoms with Crippen LogP contribution in [-0.2, 0) is 14.3 Å². The molecule has 1 saturated carbocycles. The summed E-state index contributed by atoms with van der Waals surface area (Å²) in [7, 11) is 3.17. The summed E-state index contributed by atoms with van der Waals surface area (Å²) in [6, 6.07) is 15.3. The molecule has 39 heavy (non-hydrogen) atoms. The first kappa shape index (κ1) is 26.7. The molecular formula is C30H36N4O5. The lowest BCUT2D eigenvalue weighted by Crippen LogP contribution is -2.44. The number of methoxy groups -OCH3 is 2. The van der Waals surface area contributed by atoms with E-state index in [4.69, 9.17) is 19.2 Å². The van der Waals surface area contributed by atoms with E-state index in [-0.39, 0.29) is 30.4 Å². The summed E-state index contributed by atoms with van der Waals surface area (Å²) in [5, 5.41) is 2.97. The number of imidazole rings is 1. The second-order valence-electron chi connectivity index (χ2n) is 10.1. The Labute approximate surface area is 229 Å². The van der Waals surface area contributed by atoms with Crippen molar-refractivity contribution in [2.45, 2.75) is 44.6 Å². The van der Waals surface area contributed by atoms with E-state index in [2.05, 4.69) is 5.32 Å². The van der Waals surface area contributed by atoms with Crippen LogP contribution in [0.2, 0.25) is 0 Å². The number of hydrogen-bond donors (Lipinski definition) is 1. The van der Waals surface area contributed by atoms with Gasteiger partial charge in [0.25, 0.3) is 0 Å². The lowest BCUT2D eigenvalue weighted by molar-refractivity contribution is -0.139. The normalized spacial score (nSPS) is 17.2. The van der Waals surface area contributed by atoms with Gasteiger partial charge in [0.05, 0.1) is 31.7 Å². The smallest absolute Gasteiger partial charge is 0.246 e. The second-order valence-corrected chi connectivity index (χ2v) is 10.1. The maximum Gasteiger partial charge on any atom is 0.246 e. The third-order valence-electron chi connectivity index (χ3n) is 7.47. The minimum absolute atomic E-state index is 0.0161. The van der Waals surface area contributed by atoms with Gasteiger partial charge in [-0.05, 0) is 37.8 Å². The van der Waals surface area contributed by atoms with E-state index in [1.165, 1.54) is 0 Å². The Balaban J connectivity index is 1.41. The number of nitrogens with one attached hydrogen (secondary N) is 1. The van der Waals surface area contributed by atoms with Crippen molar-refractivity contribution in [3.63, 3.8) is 0 Å². The van der Waals surface area contributed by atoms with Crippen molar-refractivity contribution in [1.29, 1.82) is 0 Å². The van der Waals surface area contributed by atoms with Crippen LogP contribution in [0.5, 0.6) is 11.5 Å². The molecule has 2 amide bonds. The van der Waals surface area contributed by atoms with Crippen molar-refractivity contribution in [3.05, 3.63) is 54.7 Å². The van der Waals surface area contributed by atoms with E-state index in [0.29, 0.717) is 36.3 Å². The Bertz CT molecular complexity index is 1280. The second kappa shape index (κ2) is 12.3. The van der Waals surface area contributed by atoms with Crippen LogP contribution in [0.1, 0.15) is 38.5 Å². The number of amides is 2.